The Balaban J connectivity index is 5.57. The van der Waals surface area contributed by atoms with E-state index in [0.717, 1.165) is 173 Å². The largest absolute Gasteiger partial charge is 0.472 e. The van der Waals surface area contributed by atoms with Gasteiger partial charge in [0.1, 0.15) is 19.3 Å². The molecule has 0 saturated carbocycles. The maximum atomic E-state index is 13.1. The Bertz CT molecular complexity index is 2990. The fourth-order valence-corrected chi connectivity index (χ4v) is 11.7. The normalized spacial score (nSPS) is 14.9. The maximum Gasteiger partial charge on any atom is 0.472 e. The molecule has 5 unspecified atom stereocenters. The summed E-state index contributed by atoms with van der Waals surface area (Å²) in [6.45, 7) is 4.29. The zero-order valence-corrected chi connectivity index (χ0v) is 70.8. The molecule has 0 aliphatic carbocycles. The molecular weight excluding hydrogens is 1450 g/mol. The molecule has 0 rings (SSSR count). The SMILES string of the molecule is CC/C=C\C/C=C\C/C=C\C/C=C\C/C=C\C/C=C\CCC(=O)OCC(COP(=O)(O)OCC(O)COP(=O)(O)OCC(COC(=O)CCC/C=C\C/C=C\C/C=C\C/C=C\C/C=C\CC)OC(=O)CCCCCC/C=C\C/C=C\C/C=C\C/C=C\CC)OC(=O)CCCCCCCC/C=C\C/C=C\C/C=C\CCCCC. The molecule has 630 valence electrons. The van der Waals surface area contributed by atoms with Gasteiger partial charge in [0.05, 0.1) is 26.4 Å². The van der Waals surface area contributed by atoms with Crippen molar-refractivity contribution in [1.82, 2.24) is 0 Å². The number of rotatable bonds is 76. The summed E-state index contributed by atoms with van der Waals surface area (Å²) in [6.07, 6.45) is 105. The van der Waals surface area contributed by atoms with Gasteiger partial charge in [-0.25, -0.2) is 9.13 Å². The number of phosphoric acid groups is 2. The Kier molecular flexibility index (Phi) is 77.5. The fourth-order valence-electron chi connectivity index (χ4n) is 10.2. The summed E-state index contributed by atoms with van der Waals surface area (Å²) in [5, 5.41) is 10.7. The summed E-state index contributed by atoms with van der Waals surface area (Å²) in [5.74, 6) is -2.41. The fraction of sp³-hybridized carbons (Fsp3) is 0.570. The molecule has 0 aliphatic heterocycles. The number of carbonyl (C=O) groups is 4. The first-order valence-corrected chi connectivity index (χ1v) is 45.0. The van der Waals surface area contributed by atoms with Crippen LogP contribution in [0.2, 0.25) is 0 Å². The van der Waals surface area contributed by atoms with Crippen molar-refractivity contribution in [2.24, 2.45) is 0 Å². The van der Waals surface area contributed by atoms with Gasteiger partial charge in [0.2, 0.25) is 0 Å². The molecule has 0 saturated heterocycles. The van der Waals surface area contributed by atoms with E-state index >= 15 is 0 Å². The lowest BCUT2D eigenvalue weighted by atomic mass is 10.1. The molecule has 112 heavy (non-hydrogen) atoms. The van der Waals surface area contributed by atoms with Gasteiger partial charge in [0, 0.05) is 25.7 Å². The summed E-state index contributed by atoms with van der Waals surface area (Å²) in [7, 11) is -10.0. The zero-order chi connectivity index (χ0) is 81.7. The molecule has 0 bridgehead atoms. The third-order valence-corrected chi connectivity index (χ3v) is 18.3. The number of unbranched alkanes of at least 4 members (excludes halogenated alkanes) is 14. The van der Waals surface area contributed by atoms with Crippen LogP contribution in [-0.4, -0.2) is 96.7 Å². The van der Waals surface area contributed by atoms with E-state index in [-0.39, 0.29) is 25.7 Å². The molecule has 0 aromatic heterocycles. The average molecular weight is 1600 g/mol. The Hall–Kier alpha value is -6.62. The molecule has 0 aromatic carbocycles. The van der Waals surface area contributed by atoms with Crippen LogP contribution in [0.4, 0.5) is 0 Å². The van der Waals surface area contributed by atoms with Gasteiger partial charge in [-0.05, 0) is 180 Å². The Morgan fingerprint density at radius 3 is 0.795 bits per heavy atom. The molecular formula is C93H146O17P2. The van der Waals surface area contributed by atoms with E-state index in [1.807, 2.05) is 30.4 Å². The number of aliphatic hydroxyl groups excluding tert-OH is 1. The van der Waals surface area contributed by atoms with Gasteiger partial charge in [-0.2, -0.15) is 0 Å². The minimum absolute atomic E-state index is 0.0225. The van der Waals surface area contributed by atoms with Crippen LogP contribution in [0.5, 0.6) is 0 Å². The first kappa shape index (κ1) is 105. The average Bonchev–Trinajstić information content (AvgIpc) is 0.898. The third-order valence-electron chi connectivity index (χ3n) is 16.4. The number of phosphoric ester groups is 2. The number of esters is 4. The third kappa shape index (κ3) is 81.4. The van der Waals surface area contributed by atoms with Crippen LogP contribution in [0.3, 0.4) is 0 Å². The molecule has 0 fully saturated rings. The first-order valence-electron chi connectivity index (χ1n) is 42.0. The predicted molar refractivity (Wildman–Crippen MR) is 463 cm³/mol. The van der Waals surface area contributed by atoms with Crippen LogP contribution < -0.4 is 0 Å². The van der Waals surface area contributed by atoms with E-state index in [1.54, 1.807) is 0 Å². The van der Waals surface area contributed by atoms with Crippen LogP contribution in [-0.2, 0) is 65.4 Å². The van der Waals surface area contributed by atoms with Crippen molar-refractivity contribution in [2.75, 3.05) is 39.6 Å². The van der Waals surface area contributed by atoms with Gasteiger partial charge in [-0.15, -0.1) is 0 Å². The molecule has 19 heteroatoms. The lowest BCUT2D eigenvalue weighted by molar-refractivity contribution is -0.161. The number of carbonyl (C=O) groups excluding carboxylic acids is 4. The van der Waals surface area contributed by atoms with Crippen LogP contribution in [0.1, 0.15) is 285 Å². The highest BCUT2D eigenvalue weighted by Gasteiger charge is 2.30. The number of hydrogen-bond acceptors (Lipinski definition) is 15. The molecule has 0 aliphatic rings. The number of ether oxygens (including phenoxy) is 4. The van der Waals surface area contributed by atoms with E-state index in [2.05, 4.69) is 216 Å². The summed E-state index contributed by atoms with van der Waals surface area (Å²) in [6, 6.07) is 0. The molecule has 0 aromatic rings. The Labute approximate surface area is 677 Å². The van der Waals surface area contributed by atoms with E-state index in [9.17, 15) is 43.2 Å². The topological polar surface area (TPSA) is 237 Å². The second-order valence-corrected chi connectivity index (χ2v) is 29.8. The maximum absolute atomic E-state index is 13.1. The lowest BCUT2D eigenvalue weighted by Crippen LogP contribution is -2.30. The molecule has 0 heterocycles. The highest BCUT2D eigenvalue weighted by molar-refractivity contribution is 7.47. The van der Waals surface area contributed by atoms with Crippen LogP contribution in [0, 0.1) is 0 Å². The molecule has 0 spiro atoms. The number of hydrogen-bond donors (Lipinski definition) is 3. The van der Waals surface area contributed by atoms with Gasteiger partial charge in [-0.1, -0.05) is 298 Å². The summed E-state index contributed by atoms with van der Waals surface area (Å²) in [4.78, 5) is 73.2. The zero-order valence-electron chi connectivity index (χ0n) is 69.0. The first-order chi connectivity index (χ1) is 54.7. The predicted octanol–water partition coefficient (Wildman–Crippen LogP) is 25.2. The van der Waals surface area contributed by atoms with Gasteiger partial charge in [0.25, 0.3) is 0 Å². The second kappa shape index (κ2) is 82.4. The molecule has 17 nitrogen and oxygen atoms in total. The van der Waals surface area contributed by atoms with E-state index < -0.39 is 97.5 Å². The Morgan fingerprint density at radius 2 is 0.491 bits per heavy atom. The van der Waals surface area contributed by atoms with E-state index in [1.165, 1.54) is 19.3 Å². The van der Waals surface area contributed by atoms with E-state index in [4.69, 9.17) is 37.0 Å². The lowest BCUT2D eigenvalue weighted by Gasteiger charge is -2.21. The van der Waals surface area contributed by atoms with Gasteiger partial charge in [-0.3, -0.25) is 37.3 Å². The Morgan fingerprint density at radius 1 is 0.259 bits per heavy atom. The van der Waals surface area contributed by atoms with Crippen molar-refractivity contribution < 1.29 is 80.2 Å². The molecule has 3 N–H and O–H groups in total. The highest BCUT2D eigenvalue weighted by atomic mass is 31.2. The standard InChI is InChI=1S/C93H146O17P2/c1-5-9-13-17-21-25-29-33-37-41-43-47-50-54-58-62-66-70-74-78-91(96)104-84-89(110-93(98)80-76-72-68-64-60-56-52-48-44-42-38-34-30-26-22-18-14-10-6-2)86-108-112(101,102)106-82-87(94)81-105-111(99,100)107-85-88(109-92(97)79-75-71-67-63-59-55-51-46-40-36-32-28-24-20-16-12-8-4)83-103-90(95)77-73-69-65-61-57-53-49-45-39-35-31-27-23-19-15-11-7-3/h9,11-13,15-16,21-28,33-40,43-44,47-49,51,53-55,58,61,65-66,70,87-89,94H,5-8,10,14,17-20,29-32,41-42,45-46,50,52,56-57,59-60,62-64,67-69,71-86H2,1-4H3,(H,99,100)(H,101,102)/b13-9-,15-11-,16-12-,25-21-,26-22-,27-23-,28-24-,37-33-,38-34-,39-35-,40-36-,47-43-,48-44-,53-49-,55-51-,58-54-,65-61-,70-66-. The van der Waals surface area contributed by atoms with Crippen molar-refractivity contribution in [3.8, 4) is 0 Å². The van der Waals surface area contributed by atoms with Crippen LogP contribution in [0.15, 0.2) is 219 Å². The molecule has 5 atom stereocenters. The van der Waals surface area contributed by atoms with Gasteiger partial charge >= 0.3 is 39.5 Å². The van der Waals surface area contributed by atoms with Crippen molar-refractivity contribution in [1.29, 1.82) is 0 Å². The van der Waals surface area contributed by atoms with Gasteiger partial charge < -0.3 is 33.8 Å². The van der Waals surface area contributed by atoms with Crippen molar-refractivity contribution in [3.05, 3.63) is 219 Å². The summed E-state index contributed by atoms with van der Waals surface area (Å²) < 4.78 is 68.6. The highest BCUT2D eigenvalue weighted by Crippen LogP contribution is 2.45. The van der Waals surface area contributed by atoms with Crippen molar-refractivity contribution in [2.45, 2.75) is 303 Å². The second-order valence-electron chi connectivity index (χ2n) is 26.9. The van der Waals surface area contributed by atoms with Crippen LogP contribution in [0.25, 0.3) is 0 Å². The summed E-state index contributed by atoms with van der Waals surface area (Å²) in [5.41, 5.74) is 0. The van der Waals surface area contributed by atoms with Crippen LogP contribution >= 0.6 is 15.6 Å². The minimum atomic E-state index is -5.02. The van der Waals surface area contributed by atoms with Crippen molar-refractivity contribution >= 4 is 39.5 Å². The van der Waals surface area contributed by atoms with E-state index in [0.29, 0.717) is 38.5 Å². The van der Waals surface area contributed by atoms with Crippen molar-refractivity contribution in [3.63, 3.8) is 0 Å². The quantitative estimate of drug-likeness (QED) is 0.0169. The molecule has 0 amide bonds. The molecule has 0 radical (unpaired) electrons. The smallest absolute Gasteiger partial charge is 0.462 e. The monoisotopic (exact) mass is 1600 g/mol. The number of allylic oxidation sites excluding steroid dienone is 36. The van der Waals surface area contributed by atoms with Gasteiger partial charge in [0.15, 0.2) is 12.2 Å². The summed E-state index contributed by atoms with van der Waals surface area (Å²) >= 11 is 0. The minimum Gasteiger partial charge on any atom is -0.462 e. The number of aliphatic hydroxyl groups is 1.